The van der Waals surface area contributed by atoms with Crippen LogP contribution in [0.4, 0.5) is 0 Å². The number of rotatable bonds is 5. The Kier molecular flexibility index (Phi) is 5.24. The summed E-state index contributed by atoms with van der Waals surface area (Å²) < 4.78 is 0. The number of piperidine rings is 1. The lowest BCUT2D eigenvalue weighted by atomic mass is 9.89. The van der Waals surface area contributed by atoms with Gasteiger partial charge in [-0.15, -0.1) is 0 Å². The summed E-state index contributed by atoms with van der Waals surface area (Å²) in [4.78, 5) is 2.51. The van der Waals surface area contributed by atoms with Gasteiger partial charge >= 0.3 is 0 Å². The standard InChI is InChI=1S/C13H25N3/c1-13(2,11-15)7-5-9-16-8-4-3-6-12(16)10-14/h12H,3-10,14H2,1-2H3. The molecule has 0 aromatic carbocycles. The molecule has 0 spiro atoms. The highest BCUT2D eigenvalue weighted by Gasteiger charge is 2.22. The summed E-state index contributed by atoms with van der Waals surface area (Å²) in [7, 11) is 0. The Balaban J connectivity index is 2.28. The van der Waals surface area contributed by atoms with Crippen LogP contribution in [0.15, 0.2) is 0 Å². The third-order valence-electron chi connectivity index (χ3n) is 3.57. The fraction of sp³-hybridized carbons (Fsp3) is 0.923. The zero-order chi connectivity index (χ0) is 12.0. The molecule has 1 heterocycles. The van der Waals surface area contributed by atoms with E-state index < -0.39 is 0 Å². The maximum atomic E-state index is 8.95. The monoisotopic (exact) mass is 223 g/mol. The van der Waals surface area contributed by atoms with Gasteiger partial charge in [-0.1, -0.05) is 6.42 Å². The van der Waals surface area contributed by atoms with E-state index in [-0.39, 0.29) is 5.41 Å². The molecule has 1 rings (SSSR count). The molecule has 0 aromatic rings. The van der Waals surface area contributed by atoms with E-state index in [1.807, 2.05) is 13.8 Å². The van der Waals surface area contributed by atoms with Gasteiger partial charge in [-0.25, -0.2) is 0 Å². The number of nitrogens with two attached hydrogens (primary N) is 1. The van der Waals surface area contributed by atoms with Crippen molar-refractivity contribution in [2.24, 2.45) is 11.1 Å². The first kappa shape index (κ1) is 13.5. The predicted octanol–water partition coefficient (Wildman–Crippen LogP) is 2.13. The molecule has 0 aromatic heterocycles. The molecule has 0 aliphatic carbocycles. The average Bonchev–Trinajstić information content (AvgIpc) is 2.29. The van der Waals surface area contributed by atoms with Crippen molar-refractivity contribution >= 4 is 0 Å². The minimum atomic E-state index is -0.173. The molecule has 1 saturated heterocycles. The van der Waals surface area contributed by atoms with E-state index in [2.05, 4.69) is 11.0 Å². The van der Waals surface area contributed by atoms with Crippen molar-refractivity contribution in [3.05, 3.63) is 0 Å². The van der Waals surface area contributed by atoms with Crippen LogP contribution in [-0.2, 0) is 0 Å². The Bertz CT molecular complexity index is 242. The number of hydrogen-bond acceptors (Lipinski definition) is 3. The molecule has 3 nitrogen and oxygen atoms in total. The van der Waals surface area contributed by atoms with Gasteiger partial charge in [0.15, 0.2) is 0 Å². The van der Waals surface area contributed by atoms with Crippen molar-refractivity contribution in [2.75, 3.05) is 19.6 Å². The van der Waals surface area contributed by atoms with Gasteiger partial charge in [-0.3, -0.25) is 4.90 Å². The van der Waals surface area contributed by atoms with E-state index in [0.717, 1.165) is 25.9 Å². The summed E-state index contributed by atoms with van der Waals surface area (Å²) in [5, 5.41) is 8.95. The quantitative estimate of drug-likeness (QED) is 0.777. The molecule has 2 N–H and O–H groups in total. The molecule has 1 unspecified atom stereocenters. The summed E-state index contributed by atoms with van der Waals surface area (Å²) >= 11 is 0. The van der Waals surface area contributed by atoms with Gasteiger partial charge in [0.1, 0.15) is 0 Å². The van der Waals surface area contributed by atoms with Crippen molar-refractivity contribution in [3.8, 4) is 6.07 Å². The lowest BCUT2D eigenvalue weighted by Gasteiger charge is -2.35. The molecule has 1 aliphatic rings. The van der Waals surface area contributed by atoms with Crippen LogP contribution < -0.4 is 5.73 Å². The van der Waals surface area contributed by atoms with Crippen LogP contribution in [0.1, 0.15) is 46.0 Å². The molecule has 92 valence electrons. The van der Waals surface area contributed by atoms with Gasteiger partial charge < -0.3 is 5.73 Å². The third kappa shape index (κ3) is 4.11. The third-order valence-corrected chi connectivity index (χ3v) is 3.57. The molecular formula is C13H25N3. The fourth-order valence-corrected chi connectivity index (χ4v) is 2.40. The molecule has 1 aliphatic heterocycles. The van der Waals surface area contributed by atoms with E-state index in [1.54, 1.807) is 0 Å². The van der Waals surface area contributed by atoms with Crippen molar-refractivity contribution < 1.29 is 0 Å². The van der Waals surface area contributed by atoms with Gasteiger partial charge in [0, 0.05) is 12.6 Å². The van der Waals surface area contributed by atoms with E-state index in [9.17, 15) is 0 Å². The van der Waals surface area contributed by atoms with Crippen LogP contribution in [0.2, 0.25) is 0 Å². The molecule has 1 fully saturated rings. The highest BCUT2D eigenvalue weighted by molar-refractivity contribution is 4.91. The molecule has 3 heteroatoms. The van der Waals surface area contributed by atoms with Gasteiger partial charge in [0.25, 0.3) is 0 Å². The van der Waals surface area contributed by atoms with Gasteiger partial charge in [-0.2, -0.15) is 5.26 Å². The van der Waals surface area contributed by atoms with E-state index in [0.29, 0.717) is 6.04 Å². The highest BCUT2D eigenvalue weighted by atomic mass is 15.2. The Morgan fingerprint density at radius 3 is 2.81 bits per heavy atom. The van der Waals surface area contributed by atoms with Crippen LogP contribution in [0.5, 0.6) is 0 Å². The minimum absolute atomic E-state index is 0.173. The SMILES string of the molecule is CC(C)(C#N)CCCN1CCCCC1CN. The Hall–Kier alpha value is -0.590. The first-order valence-electron chi connectivity index (χ1n) is 6.44. The fourth-order valence-electron chi connectivity index (χ4n) is 2.40. The number of nitriles is 1. The molecule has 0 bridgehead atoms. The summed E-state index contributed by atoms with van der Waals surface area (Å²) in [5.41, 5.74) is 5.61. The molecule has 0 amide bonds. The second-order valence-electron chi connectivity index (χ2n) is 5.52. The summed E-state index contributed by atoms with van der Waals surface area (Å²) in [6.07, 6.45) is 5.96. The second kappa shape index (κ2) is 6.22. The number of nitrogens with zero attached hydrogens (tertiary/aromatic N) is 2. The summed E-state index contributed by atoms with van der Waals surface area (Å²) in [6, 6.07) is 2.94. The smallest absolute Gasteiger partial charge is 0.0683 e. The lowest BCUT2D eigenvalue weighted by Crippen LogP contribution is -2.44. The zero-order valence-corrected chi connectivity index (χ0v) is 10.7. The van der Waals surface area contributed by atoms with E-state index in [4.69, 9.17) is 11.0 Å². The van der Waals surface area contributed by atoms with Gasteiger partial charge in [0.05, 0.1) is 11.5 Å². The highest BCUT2D eigenvalue weighted by Crippen LogP contribution is 2.22. The Morgan fingerprint density at radius 1 is 1.44 bits per heavy atom. The molecule has 16 heavy (non-hydrogen) atoms. The molecule has 1 atom stereocenters. The maximum Gasteiger partial charge on any atom is 0.0683 e. The molecule has 0 radical (unpaired) electrons. The van der Waals surface area contributed by atoms with E-state index in [1.165, 1.54) is 25.8 Å². The Labute approximate surface area is 99.6 Å². The normalized spacial score (nSPS) is 23.0. The van der Waals surface area contributed by atoms with Crippen LogP contribution in [0.25, 0.3) is 0 Å². The number of likely N-dealkylation sites (tertiary alicyclic amines) is 1. The predicted molar refractivity (Wildman–Crippen MR) is 66.9 cm³/mol. The summed E-state index contributed by atoms with van der Waals surface area (Å²) in [6.45, 7) is 7.11. The Morgan fingerprint density at radius 2 is 2.19 bits per heavy atom. The average molecular weight is 223 g/mol. The zero-order valence-electron chi connectivity index (χ0n) is 10.7. The van der Waals surface area contributed by atoms with Crippen molar-refractivity contribution in [2.45, 2.75) is 52.0 Å². The van der Waals surface area contributed by atoms with Gasteiger partial charge in [-0.05, 0) is 52.6 Å². The van der Waals surface area contributed by atoms with Crippen LogP contribution >= 0.6 is 0 Å². The van der Waals surface area contributed by atoms with Crippen molar-refractivity contribution in [1.82, 2.24) is 4.90 Å². The topological polar surface area (TPSA) is 53.0 Å². The van der Waals surface area contributed by atoms with Crippen LogP contribution in [0.3, 0.4) is 0 Å². The lowest BCUT2D eigenvalue weighted by molar-refractivity contribution is 0.146. The second-order valence-corrected chi connectivity index (χ2v) is 5.52. The molecular weight excluding hydrogens is 198 g/mol. The van der Waals surface area contributed by atoms with Crippen molar-refractivity contribution in [3.63, 3.8) is 0 Å². The number of hydrogen-bond donors (Lipinski definition) is 1. The maximum absolute atomic E-state index is 8.95. The first-order valence-corrected chi connectivity index (χ1v) is 6.44. The minimum Gasteiger partial charge on any atom is -0.329 e. The largest absolute Gasteiger partial charge is 0.329 e. The summed E-state index contributed by atoms with van der Waals surface area (Å²) in [5.74, 6) is 0. The first-order chi connectivity index (χ1) is 7.59. The van der Waals surface area contributed by atoms with Crippen LogP contribution in [-0.4, -0.2) is 30.6 Å². The van der Waals surface area contributed by atoms with Crippen LogP contribution in [0, 0.1) is 16.7 Å². The van der Waals surface area contributed by atoms with Crippen molar-refractivity contribution in [1.29, 1.82) is 5.26 Å². The van der Waals surface area contributed by atoms with E-state index >= 15 is 0 Å². The van der Waals surface area contributed by atoms with Gasteiger partial charge in [0.2, 0.25) is 0 Å². The molecule has 0 saturated carbocycles.